The summed E-state index contributed by atoms with van der Waals surface area (Å²) in [4.78, 5) is 27.8. The van der Waals surface area contributed by atoms with E-state index < -0.39 is 0 Å². The largest absolute Gasteiger partial charge is 0.375 e. The normalized spacial score (nSPS) is 15.5. The molecule has 0 saturated carbocycles. The van der Waals surface area contributed by atoms with Gasteiger partial charge in [-0.25, -0.2) is 0 Å². The van der Waals surface area contributed by atoms with Crippen LogP contribution in [-0.4, -0.2) is 68.1 Å². The van der Waals surface area contributed by atoms with E-state index in [9.17, 15) is 9.59 Å². The molecule has 1 aromatic carbocycles. The highest BCUT2D eigenvalue weighted by Gasteiger charge is 2.22. The van der Waals surface area contributed by atoms with Crippen molar-refractivity contribution in [2.75, 3.05) is 51.8 Å². The zero-order valence-electron chi connectivity index (χ0n) is 13.9. The van der Waals surface area contributed by atoms with Crippen LogP contribution in [0.25, 0.3) is 0 Å². The third-order valence-corrected chi connectivity index (χ3v) is 4.03. The van der Waals surface area contributed by atoms with Gasteiger partial charge in [0.15, 0.2) is 0 Å². The number of para-hydroxylation sites is 1. The summed E-state index contributed by atoms with van der Waals surface area (Å²) in [6.45, 7) is 5.23. The Kier molecular flexibility index (Phi) is 6.55. The zero-order valence-corrected chi connectivity index (χ0v) is 13.9. The molecule has 6 nitrogen and oxygen atoms in total. The van der Waals surface area contributed by atoms with E-state index in [4.69, 9.17) is 4.74 Å². The van der Waals surface area contributed by atoms with Crippen LogP contribution >= 0.6 is 0 Å². The maximum Gasteiger partial charge on any atom is 0.248 e. The average molecular weight is 319 g/mol. The number of nitrogens with one attached hydrogen (secondary N) is 1. The number of hydrogen-bond donors (Lipinski definition) is 1. The predicted molar refractivity (Wildman–Crippen MR) is 89.3 cm³/mol. The number of piperazine rings is 1. The Morgan fingerprint density at radius 1 is 1.17 bits per heavy atom. The molecule has 126 valence electrons. The number of carbonyl (C=O) groups excluding carboxylic acids is 2. The van der Waals surface area contributed by atoms with Crippen LogP contribution in [0.15, 0.2) is 24.3 Å². The van der Waals surface area contributed by atoms with Crippen molar-refractivity contribution in [1.82, 2.24) is 9.80 Å². The van der Waals surface area contributed by atoms with E-state index in [1.165, 1.54) is 7.11 Å². The van der Waals surface area contributed by atoms with Gasteiger partial charge in [-0.2, -0.15) is 0 Å². The topological polar surface area (TPSA) is 61.9 Å². The molecule has 0 aliphatic carbocycles. The van der Waals surface area contributed by atoms with Crippen molar-refractivity contribution in [3.05, 3.63) is 29.8 Å². The van der Waals surface area contributed by atoms with E-state index in [-0.39, 0.29) is 18.4 Å². The second kappa shape index (κ2) is 8.64. The van der Waals surface area contributed by atoms with Crippen molar-refractivity contribution in [2.24, 2.45) is 0 Å². The van der Waals surface area contributed by atoms with Crippen molar-refractivity contribution in [3.8, 4) is 0 Å². The monoisotopic (exact) mass is 319 g/mol. The lowest BCUT2D eigenvalue weighted by atomic mass is 10.1. The van der Waals surface area contributed by atoms with Crippen molar-refractivity contribution in [3.63, 3.8) is 0 Å². The molecule has 0 radical (unpaired) electrons. The number of hydrogen-bond acceptors (Lipinski definition) is 4. The molecular weight excluding hydrogens is 294 g/mol. The van der Waals surface area contributed by atoms with Crippen molar-refractivity contribution in [1.29, 1.82) is 0 Å². The maximum atomic E-state index is 12.2. The van der Waals surface area contributed by atoms with Crippen LogP contribution < -0.4 is 5.32 Å². The van der Waals surface area contributed by atoms with Gasteiger partial charge in [0, 0.05) is 39.0 Å². The number of methoxy groups -OCH3 is 1. The Morgan fingerprint density at radius 3 is 2.52 bits per heavy atom. The highest BCUT2D eigenvalue weighted by atomic mass is 16.5. The summed E-state index contributed by atoms with van der Waals surface area (Å²) in [5, 5.41) is 2.98. The van der Waals surface area contributed by atoms with Crippen LogP contribution in [0.2, 0.25) is 0 Å². The minimum Gasteiger partial charge on any atom is -0.375 e. The molecule has 6 heteroatoms. The van der Waals surface area contributed by atoms with Crippen LogP contribution in [0.3, 0.4) is 0 Å². The molecule has 1 aliphatic rings. The van der Waals surface area contributed by atoms with Gasteiger partial charge in [0.05, 0.1) is 6.54 Å². The smallest absolute Gasteiger partial charge is 0.248 e. The molecule has 0 atom stereocenters. The summed E-state index contributed by atoms with van der Waals surface area (Å²) in [5.74, 6) is -0.00366. The predicted octanol–water partition coefficient (Wildman–Crippen LogP) is 0.978. The lowest BCUT2D eigenvalue weighted by molar-refractivity contribution is -0.137. The average Bonchev–Trinajstić information content (AvgIpc) is 2.56. The van der Waals surface area contributed by atoms with Crippen molar-refractivity contribution >= 4 is 17.5 Å². The number of benzene rings is 1. The summed E-state index contributed by atoms with van der Waals surface area (Å²) in [7, 11) is 1.52. The second-order valence-electron chi connectivity index (χ2n) is 5.65. The van der Waals surface area contributed by atoms with Crippen LogP contribution in [0.1, 0.15) is 12.5 Å². The first-order valence-corrected chi connectivity index (χ1v) is 8.01. The summed E-state index contributed by atoms with van der Waals surface area (Å²) >= 11 is 0. The quantitative estimate of drug-likeness (QED) is 0.849. The SMILES string of the molecule is CCc1ccccc1NC(=O)CN1CCN(C(=O)COC)CC1. The fourth-order valence-corrected chi connectivity index (χ4v) is 2.71. The van der Waals surface area contributed by atoms with E-state index in [0.717, 1.165) is 17.7 Å². The standard InChI is InChI=1S/C17H25N3O3/c1-3-14-6-4-5-7-15(14)18-16(21)12-19-8-10-20(11-9-19)17(22)13-23-2/h4-7H,3,8-13H2,1-2H3,(H,18,21). The van der Waals surface area contributed by atoms with Gasteiger partial charge >= 0.3 is 0 Å². The molecule has 1 heterocycles. The highest BCUT2D eigenvalue weighted by molar-refractivity contribution is 5.93. The minimum absolute atomic E-state index is 0.00785. The van der Waals surface area contributed by atoms with Gasteiger partial charge in [0.25, 0.3) is 0 Å². The fourth-order valence-electron chi connectivity index (χ4n) is 2.71. The Morgan fingerprint density at radius 2 is 1.87 bits per heavy atom. The molecule has 2 amide bonds. The fraction of sp³-hybridized carbons (Fsp3) is 0.529. The van der Waals surface area contributed by atoms with Gasteiger partial charge in [-0.1, -0.05) is 25.1 Å². The van der Waals surface area contributed by atoms with Crippen molar-refractivity contribution in [2.45, 2.75) is 13.3 Å². The number of ether oxygens (including phenoxy) is 1. The summed E-state index contributed by atoms with van der Waals surface area (Å²) in [6, 6.07) is 7.85. The van der Waals surface area contributed by atoms with Gasteiger partial charge in [-0.05, 0) is 18.1 Å². The van der Waals surface area contributed by atoms with E-state index in [1.807, 2.05) is 24.3 Å². The van der Waals surface area contributed by atoms with Crippen LogP contribution in [-0.2, 0) is 20.7 Å². The Hall–Kier alpha value is -1.92. The van der Waals surface area contributed by atoms with E-state index in [0.29, 0.717) is 32.7 Å². The third kappa shape index (κ3) is 5.04. The number of nitrogens with zero attached hydrogens (tertiary/aromatic N) is 2. The van der Waals surface area contributed by atoms with Gasteiger partial charge in [-0.15, -0.1) is 0 Å². The molecule has 0 unspecified atom stereocenters. The van der Waals surface area contributed by atoms with Gasteiger partial charge in [0.1, 0.15) is 6.61 Å². The summed E-state index contributed by atoms with van der Waals surface area (Å²) in [5.41, 5.74) is 2.02. The van der Waals surface area contributed by atoms with Crippen LogP contribution in [0, 0.1) is 0 Å². The first-order valence-electron chi connectivity index (χ1n) is 8.01. The molecule has 1 aromatic rings. The Balaban J connectivity index is 1.80. The number of rotatable bonds is 6. The number of anilines is 1. The van der Waals surface area contributed by atoms with E-state index in [1.54, 1.807) is 4.90 Å². The minimum atomic E-state index is -0.0115. The molecule has 2 rings (SSSR count). The molecule has 1 saturated heterocycles. The molecule has 0 bridgehead atoms. The molecule has 0 spiro atoms. The Labute approximate surface area is 137 Å². The maximum absolute atomic E-state index is 12.2. The molecule has 23 heavy (non-hydrogen) atoms. The number of aryl methyl sites for hydroxylation is 1. The lowest BCUT2D eigenvalue weighted by Gasteiger charge is -2.34. The number of carbonyl (C=O) groups is 2. The second-order valence-corrected chi connectivity index (χ2v) is 5.65. The first-order chi connectivity index (χ1) is 11.1. The Bertz CT molecular complexity index is 540. The molecule has 1 fully saturated rings. The van der Waals surface area contributed by atoms with Gasteiger partial charge in [0.2, 0.25) is 11.8 Å². The number of amides is 2. The summed E-state index contributed by atoms with van der Waals surface area (Å²) in [6.07, 6.45) is 0.886. The van der Waals surface area contributed by atoms with Gasteiger partial charge in [-0.3, -0.25) is 14.5 Å². The first kappa shape index (κ1) is 17.4. The van der Waals surface area contributed by atoms with E-state index in [2.05, 4.69) is 17.1 Å². The van der Waals surface area contributed by atoms with Gasteiger partial charge < -0.3 is 15.0 Å². The highest BCUT2D eigenvalue weighted by Crippen LogP contribution is 2.15. The molecule has 1 aliphatic heterocycles. The zero-order chi connectivity index (χ0) is 16.7. The third-order valence-electron chi connectivity index (χ3n) is 4.03. The molecular formula is C17H25N3O3. The van der Waals surface area contributed by atoms with Crippen LogP contribution in [0.5, 0.6) is 0 Å². The summed E-state index contributed by atoms with van der Waals surface area (Å²) < 4.78 is 4.87. The molecule has 0 aromatic heterocycles. The van der Waals surface area contributed by atoms with E-state index >= 15 is 0 Å². The lowest BCUT2D eigenvalue weighted by Crippen LogP contribution is -2.51. The molecule has 1 N–H and O–H groups in total. The van der Waals surface area contributed by atoms with Crippen molar-refractivity contribution < 1.29 is 14.3 Å². The van der Waals surface area contributed by atoms with Crippen LogP contribution in [0.4, 0.5) is 5.69 Å².